The molecule has 3 aliphatic rings. The third-order valence-corrected chi connectivity index (χ3v) is 7.97. The molecule has 0 bridgehead atoms. The highest BCUT2D eigenvalue weighted by molar-refractivity contribution is 6.30. The van der Waals surface area contributed by atoms with E-state index in [1.807, 2.05) is 13.8 Å². The summed E-state index contributed by atoms with van der Waals surface area (Å²) in [6.45, 7) is 10.1. The molecule has 4 atom stereocenters. The Morgan fingerprint density at radius 3 is 2.54 bits per heavy atom. The molecule has 0 aromatic heterocycles. The fraction of sp³-hybridized carbons (Fsp3) is 0.767. The van der Waals surface area contributed by atoms with Crippen molar-refractivity contribution in [3.63, 3.8) is 0 Å². The van der Waals surface area contributed by atoms with Crippen molar-refractivity contribution >= 4 is 23.4 Å². The van der Waals surface area contributed by atoms with E-state index in [-0.39, 0.29) is 12.7 Å². The second-order valence-electron chi connectivity index (χ2n) is 11.5. The number of halogens is 1. The molecule has 220 valence electrons. The van der Waals surface area contributed by atoms with Gasteiger partial charge in [0.05, 0.1) is 0 Å². The first-order valence-electron chi connectivity index (χ1n) is 14.9. The lowest BCUT2D eigenvalue weighted by Crippen LogP contribution is -2.46. The van der Waals surface area contributed by atoms with Gasteiger partial charge in [-0.05, 0) is 89.9 Å². The van der Waals surface area contributed by atoms with E-state index in [1.54, 1.807) is 24.3 Å². The molecule has 8 nitrogen and oxygen atoms in total. The van der Waals surface area contributed by atoms with Crippen LogP contribution < -0.4 is 5.32 Å². The number of carbonyl (C=O) groups excluding carboxylic acids is 1. The molecule has 3 fully saturated rings. The Morgan fingerprint density at radius 2 is 1.79 bits per heavy atom. The van der Waals surface area contributed by atoms with Crippen LogP contribution in [0.25, 0.3) is 0 Å². The predicted molar refractivity (Wildman–Crippen MR) is 152 cm³/mol. The maximum Gasteiger partial charge on any atom is 0.412 e. The number of nitrogens with one attached hydrogen (secondary N) is 1. The van der Waals surface area contributed by atoms with E-state index in [9.17, 15) is 4.79 Å². The second-order valence-corrected chi connectivity index (χ2v) is 12.0. The average molecular weight is 567 g/mol. The van der Waals surface area contributed by atoms with Crippen LogP contribution in [-0.2, 0) is 23.7 Å². The minimum atomic E-state index is -1.12. The Labute approximate surface area is 239 Å². The van der Waals surface area contributed by atoms with Crippen LogP contribution in [0.2, 0.25) is 5.02 Å². The van der Waals surface area contributed by atoms with Crippen LogP contribution in [0.15, 0.2) is 24.3 Å². The lowest BCUT2D eigenvalue weighted by molar-refractivity contribution is -0.278. The highest BCUT2D eigenvalue weighted by atomic mass is 35.5. The minimum absolute atomic E-state index is 0.232. The molecule has 1 amide bonds. The van der Waals surface area contributed by atoms with Crippen molar-refractivity contribution in [1.29, 1.82) is 0 Å². The molecule has 0 radical (unpaired) electrons. The summed E-state index contributed by atoms with van der Waals surface area (Å²) in [4.78, 5) is 15.5. The molecule has 0 spiro atoms. The largest absolute Gasteiger partial charge is 0.440 e. The van der Waals surface area contributed by atoms with Crippen molar-refractivity contribution < 1.29 is 28.5 Å². The summed E-state index contributed by atoms with van der Waals surface area (Å²) < 4.78 is 31.4. The van der Waals surface area contributed by atoms with E-state index in [4.69, 9.17) is 35.3 Å². The SMILES string of the molecule is CCCCCCCOC[C@@]12O[C@@H](CCCN3CCCCC3)[C@@H](OC(=O)Nc3ccc(Cl)cc3)[C@@H]1OC(C)(C)O2. The highest BCUT2D eigenvalue weighted by Crippen LogP contribution is 2.47. The van der Waals surface area contributed by atoms with E-state index >= 15 is 0 Å². The number of rotatable bonds is 14. The molecule has 3 saturated heterocycles. The van der Waals surface area contributed by atoms with Crippen molar-refractivity contribution in [2.24, 2.45) is 0 Å². The van der Waals surface area contributed by atoms with Gasteiger partial charge in [-0.1, -0.05) is 50.6 Å². The number of fused-ring (bicyclic) bond motifs is 1. The molecule has 3 heterocycles. The van der Waals surface area contributed by atoms with Crippen LogP contribution in [0, 0.1) is 0 Å². The molecular formula is C30H47ClN2O6. The smallest absolute Gasteiger partial charge is 0.412 e. The first kappa shape index (κ1) is 30.5. The minimum Gasteiger partial charge on any atom is -0.440 e. The standard InChI is InChI=1S/C30H47ClN2O6/c1-4-5-6-7-11-21-35-22-30-27(38-29(2,3)39-30)26(36-28(34)32-24-16-14-23(31)15-17-24)25(37-30)13-12-20-33-18-9-8-10-19-33/h14-17,25-27H,4-13,18-22H2,1-3H3,(H,32,34)/t25-,26+,27-,30-/m0/s1. The molecule has 1 aromatic carbocycles. The van der Waals surface area contributed by atoms with Gasteiger partial charge < -0.3 is 28.6 Å². The Bertz CT molecular complexity index is 894. The molecule has 1 aromatic rings. The van der Waals surface area contributed by atoms with E-state index in [0.29, 0.717) is 17.3 Å². The van der Waals surface area contributed by atoms with Gasteiger partial charge >= 0.3 is 6.09 Å². The number of benzene rings is 1. The van der Waals surface area contributed by atoms with Crippen LogP contribution in [0.3, 0.4) is 0 Å². The van der Waals surface area contributed by atoms with Crippen molar-refractivity contribution in [3.05, 3.63) is 29.3 Å². The summed E-state index contributed by atoms with van der Waals surface area (Å²) >= 11 is 5.99. The molecule has 4 rings (SSSR count). The van der Waals surface area contributed by atoms with Crippen LogP contribution in [0.1, 0.15) is 85.0 Å². The fourth-order valence-electron chi connectivity index (χ4n) is 5.85. The monoisotopic (exact) mass is 566 g/mol. The third-order valence-electron chi connectivity index (χ3n) is 7.72. The number of nitrogens with zero attached hydrogens (tertiary/aromatic N) is 1. The number of likely N-dealkylation sites (tertiary alicyclic amines) is 1. The predicted octanol–water partition coefficient (Wildman–Crippen LogP) is 6.76. The second kappa shape index (κ2) is 14.5. The van der Waals surface area contributed by atoms with Crippen molar-refractivity contribution in [2.45, 2.75) is 115 Å². The first-order chi connectivity index (χ1) is 18.8. The lowest BCUT2D eigenvalue weighted by atomic mass is 10.0. The number of amides is 1. The van der Waals surface area contributed by atoms with Crippen LogP contribution in [0.5, 0.6) is 0 Å². The topological polar surface area (TPSA) is 78.5 Å². The molecule has 0 aliphatic carbocycles. The number of hydrogen-bond acceptors (Lipinski definition) is 7. The van der Waals surface area contributed by atoms with E-state index in [0.717, 1.165) is 45.3 Å². The van der Waals surface area contributed by atoms with E-state index in [1.165, 1.54) is 38.5 Å². The van der Waals surface area contributed by atoms with Crippen molar-refractivity contribution in [2.75, 3.05) is 38.2 Å². The van der Waals surface area contributed by atoms with Gasteiger partial charge in [-0.15, -0.1) is 0 Å². The molecule has 0 saturated carbocycles. The summed E-state index contributed by atoms with van der Waals surface area (Å²) in [7, 11) is 0. The Hall–Kier alpha value is -1.42. The van der Waals surface area contributed by atoms with Gasteiger partial charge in [0.1, 0.15) is 12.7 Å². The highest BCUT2D eigenvalue weighted by Gasteiger charge is 2.66. The summed E-state index contributed by atoms with van der Waals surface area (Å²) in [5, 5.41) is 3.40. The number of hydrogen-bond donors (Lipinski definition) is 1. The number of unbranched alkanes of at least 4 members (excludes halogenated alkanes) is 4. The van der Waals surface area contributed by atoms with Crippen molar-refractivity contribution in [1.82, 2.24) is 4.90 Å². The van der Waals surface area contributed by atoms with Crippen LogP contribution >= 0.6 is 11.6 Å². The number of ether oxygens (including phenoxy) is 5. The Kier molecular flexibility index (Phi) is 11.3. The molecule has 3 aliphatic heterocycles. The summed E-state index contributed by atoms with van der Waals surface area (Å²) in [5.41, 5.74) is 0.603. The quantitative estimate of drug-likeness (QED) is 0.249. The number of anilines is 1. The average Bonchev–Trinajstić information content (AvgIpc) is 3.32. The maximum atomic E-state index is 13.0. The Balaban J connectivity index is 1.41. The van der Waals surface area contributed by atoms with Gasteiger partial charge in [0.15, 0.2) is 18.0 Å². The molecule has 9 heteroatoms. The zero-order chi connectivity index (χ0) is 27.7. The zero-order valence-electron chi connectivity index (χ0n) is 23.9. The van der Waals surface area contributed by atoms with Gasteiger partial charge in [0.25, 0.3) is 0 Å². The molecular weight excluding hydrogens is 520 g/mol. The molecule has 1 N–H and O–H groups in total. The fourth-order valence-corrected chi connectivity index (χ4v) is 5.98. The van der Waals surface area contributed by atoms with Gasteiger partial charge in [0, 0.05) is 17.3 Å². The van der Waals surface area contributed by atoms with Gasteiger partial charge in [-0.2, -0.15) is 0 Å². The number of carbonyl (C=O) groups is 1. The number of piperidine rings is 1. The summed E-state index contributed by atoms with van der Waals surface area (Å²) in [6.07, 6.45) is 9.17. The van der Waals surface area contributed by atoms with Crippen LogP contribution in [0.4, 0.5) is 10.5 Å². The first-order valence-corrected chi connectivity index (χ1v) is 15.3. The Morgan fingerprint density at radius 1 is 1.05 bits per heavy atom. The van der Waals surface area contributed by atoms with Gasteiger partial charge in [0.2, 0.25) is 5.79 Å². The third kappa shape index (κ3) is 8.78. The van der Waals surface area contributed by atoms with Crippen molar-refractivity contribution in [3.8, 4) is 0 Å². The zero-order valence-corrected chi connectivity index (χ0v) is 24.7. The van der Waals surface area contributed by atoms with E-state index in [2.05, 4.69) is 17.1 Å². The maximum absolute atomic E-state index is 13.0. The summed E-state index contributed by atoms with van der Waals surface area (Å²) in [5.74, 6) is -2.00. The molecule has 39 heavy (non-hydrogen) atoms. The van der Waals surface area contributed by atoms with Crippen LogP contribution in [-0.4, -0.2) is 73.7 Å². The molecule has 0 unspecified atom stereocenters. The normalized spacial score (nSPS) is 28.4. The lowest BCUT2D eigenvalue weighted by Gasteiger charge is -2.29. The van der Waals surface area contributed by atoms with Gasteiger partial charge in [-0.25, -0.2) is 4.79 Å². The van der Waals surface area contributed by atoms with Gasteiger partial charge in [-0.3, -0.25) is 5.32 Å². The summed E-state index contributed by atoms with van der Waals surface area (Å²) in [6, 6.07) is 6.92. The van der Waals surface area contributed by atoms with E-state index < -0.39 is 29.9 Å².